The minimum atomic E-state index is -0.0896. The molecule has 1 atom stereocenters. The lowest BCUT2D eigenvalue weighted by Crippen LogP contribution is -2.35. The van der Waals surface area contributed by atoms with Gasteiger partial charge in [0.15, 0.2) is 5.65 Å². The number of rotatable bonds is 2. The molecule has 5 rings (SSSR count). The Labute approximate surface area is 143 Å². The highest BCUT2D eigenvalue weighted by Gasteiger charge is 2.21. The van der Waals surface area contributed by atoms with Gasteiger partial charge in [-0.2, -0.15) is 5.10 Å². The van der Waals surface area contributed by atoms with E-state index in [4.69, 9.17) is 4.98 Å². The number of piperidine rings is 1. The fraction of sp³-hybridized carbons (Fsp3) is 0.278. The summed E-state index contributed by atoms with van der Waals surface area (Å²) in [6.07, 6.45) is 5.79. The Morgan fingerprint density at radius 2 is 2.16 bits per heavy atom. The van der Waals surface area contributed by atoms with Gasteiger partial charge in [-0.1, -0.05) is 6.07 Å². The van der Waals surface area contributed by atoms with Crippen molar-refractivity contribution >= 4 is 16.7 Å². The standard InChI is InChI=1S/C18H18N6O/c25-18-22-15-7-6-14(13-11-20-23-9-2-1-5-16(13)23)21-17(15)24(18)12-4-3-8-19-10-12/h1-2,5-7,9,11-12,19H,3-4,8,10H2,(H,22,25)/t12-/m0/s1. The minimum Gasteiger partial charge on any atom is -0.315 e. The predicted octanol–water partition coefficient (Wildman–Crippen LogP) is 1.96. The van der Waals surface area contributed by atoms with Gasteiger partial charge >= 0.3 is 5.69 Å². The third-order valence-electron chi connectivity index (χ3n) is 4.90. The second-order valence-electron chi connectivity index (χ2n) is 6.46. The molecule has 1 aliphatic heterocycles. The molecule has 1 fully saturated rings. The average Bonchev–Trinajstić information content (AvgIpc) is 3.22. The van der Waals surface area contributed by atoms with Gasteiger partial charge in [-0.25, -0.2) is 14.3 Å². The van der Waals surface area contributed by atoms with E-state index in [0.717, 1.165) is 48.2 Å². The number of nitrogens with one attached hydrogen (secondary N) is 2. The van der Waals surface area contributed by atoms with E-state index in [9.17, 15) is 4.79 Å². The Hall–Kier alpha value is -2.93. The molecule has 0 spiro atoms. The molecule has 5 heterocycles. The van der Waals surface area contributed by atoms with Crippen molar-refractivity contribution in [1.29, 1.82) is 0 Å². The largest absolute Gasteiger partial charge is 0.327 e. The van der Waals surface area contributed by atoms with Gasteiger partial charge in [0.2, 0.25) is 0 Å². The van der Waals surface area contributed by atoms with Crippen molar-refractivity contribution in [3.63, 3.8) is 0 Å². The highest BCUT2D eigenvalue weighted by Crippen LogP contribution is 2.26. The van der Waals surface area contributed by atoms with Gasteiger partial charge in [-0.05, 0) is 43.7 Å². The van der Waals surface area contributed by atoms with Crippen molar-refractivity contribution in [3.8, 4) is 11.3 Å². The molecule has 1 aliphatic rings. The zero-order valence-electron chi connectivity index (χ0n) is 13.6. The van der Waals surface area contributed by atoms with Crippen molar-refractivity contribution < 1.29 is 0 Å². The highest BCUT2D eigenvalue weighted by atomic mass is 16.1. The molecule has 4 aromatic rings. The quantitative estimate of drug-likeness (QED) is 0.587. The zero-order valence-corrected chi connectivity index (χ0v) is 13.6. The Morgan fingerprint density at radius 1 is 1.20 bits per heavy atom. The Morgan fingerprint density at radius 3 is 3.04 bits per heavy atom. The molecular formula is C18H18N6O. The maximum Gasteiger partial charge on any atom is 0.327 e. The van der Waals surface area contributed by atoms with Crippen LogP contribution in [0.4, 0.5) is 0 Å². The molecule has 126 valence electrons. The van der Waals surface area contributed by atoms with Crippen LogP contribution >= 0.6 is 0 Å². The van der Waals surface area contributed by atoms with E-state index in [-0.39, 0.29) is 11.7 Å². The number of pyridine rings is 2. The lowest BCUT2D eigenvalue weighted by atomic mass is 10.1. The number of hydrogen-bond donors (Lipinski definition) is 2. The first kappa shape index (κ1) is 14.4. The van der Waals surface area contributed by atoms with Crippen LogP contribution in [0.3, 0.4) is 0 Å². The number of imidazole rings is 1. The summed E-state index contributed by atoms with van der Waals surface area (Å²) in [6, 6.07) is 9.95. The maximum absolute atomic E-state index is 12.5. The molecule has 0 bridgehead atoms. The van der Waals surface area contributed by atoms with Crippen molar-refractivity contribution in [3.05, 3.63) is 53.2 Å². The van der Waals surface area contributed by atoms with Gasteiger partial charge in [0.05, 0.1) is 29.0 Å². The van der Waals surface area contributed by atoms with Crippen LogP contribution in [-0.4, -0.2) is 37.2 Å². The van der Waals surface area contributed by atoms with E-state index in [1.165, 1.54) is 0 Å². The predicted molar refractivity (Wildman–Crippen MR) is 95.7 cm³/mol. The van der Waals surface area contributed by atoms with Crippen LogP contribution in [0.1, 0.15) is 18.9 Å². The monoisotopic (exact) mass is 334 g/mol. The Balaban J connectivity index is 1.69. The number of fused-ring (bicyclic) bond motifs is 2. The molecule has 4 aromatic heterocycles. The number of aromatic nitrogens is 5. The van der Waals surface area contributed by atoms with Crippen molar-refractivity contribution in [2.24, 2.45) is 0 Å². The van der Waals surface area contributed by atoms with E-state index >= 15 is 0 Å². The van der Waals surface area contributed by atoms with E-state index in [1.807, 2.05) is 47.2 Å². The van der Waals surface area contributed by atoms with Crippen molar-refractivity contribution in [2.75, 3.05) is 13.1 Å². The summed E-state index contributed by atoms with van der Waals surface area (Å²) in [4.78, 5) is 20.2. The SMILES string of the molecule is O=c1[nH]c2ccc(-c3cnn4ccccc34)nc2n1[C@H]1CCCNC1. The van der Waals surface area contributed by atoms with E-state index < -0.39 is 0 Å². The fourth-order valence-corrected chi connectivity index (χ4v) is 3.68. The third kappa shape index (κ3) is 2.27. The molecule has 0 unspecified atom stereocenters. The van der Waals surface area contributed by atoms with Gasteiger partial charge in [-0.15, -0.1) is 0 Å². The molecule has 0 radical (unpaired) electrons. The third-order valence-corrected chi connectivity index (χ3v) is 4.90. The van der Waals surface area contributed by atoms with E-state index in [1.54, 1.807) is 4.57 Å². The molecule has 1 saturated heterocycles. The number of hydrogen-bond acceptors (Lipinski definition) is 4. The molecule has 7 nitrogen and oxygen atoms in total. The summed E-state index contributed by atoms with van der Waals surface area (Å²) >= 11 is 0. The van der Waals surface area contributed by atoms with Gasteiger partial charge in [0.1, 0.15) is 0 Å². The van der Waals surface area contributed by atoms with Crippen molar-refractivity contribution in [2.45, 2.75) is 18.9 Å². The van der Waals surface area contributed by atoms with Gasteiger partial charge < -0.3 is 10.3 Å². The molecule has 0 aliphatic carbocycles. The zero-order chi connectivity index (χ0) is 16.8. The van der Waals surface area contributed by atoms with Crippen LogP contribution in [0.25, 0.3) is 27.9 Å². The summed E-state index contributed by atoms with van der Waals surface area (Å²) in [5.74, 6) is 0. The minimum absolute atomic E-state index is 0.0896. The van der Waals surface area contributed by atoms with Gasteiger partial charge in [0.25, 0.3) is 0 Å². The highest BCUT2D eigenvalue weighted by molar-refractivity contribution is 5.82. The molecule has 0 amide bonds. The maximum atomic E-state index is 12.5. The number of aromatic amines is 1. The fourth-order valence-electron chi connectivity index (χ4n) is 3.68. The van der Waals surface area contributed by atoms with Gasteiger partial charge in [-0.3, -0.25) is 4.57 Å². The molecule has 7 heteroatoms. The van der Waals surface area contributed by atoms with E-state index in [2.05, 4.69) is 15.4 Å². The topological polar surface area (TPSA) is 80.0 Å². The van der Waals surface area contributed by atoms with Crippen LogP contribution in [0.2, 0.25) is 0 Å². The number of H-pyrrole nitrogens is 1. The van der Waals surface area contributed by atoms with E-state index in [0.29, 0.717) is 5.65 Å². The smallest absolute Gasteiger partial charge is 0.315 e. The van der Waals surface area contributed by atoms with Crippen LogP contribution < -0.4 is 11.0 Å². The lowest BCUT2D eigenvalue weighted by molar-refractivity contribution is 0.370. The Bertz CT molecular complexity index is 1120. The Kier molecular flexibility index (Phi) is 3.21. The van der Waals surface area contributed by atoms with Crippen LogP contribution in [0, 0.1) is 0 Å². The van der Waals surface area contributed by atoms with Crippen LogP contribution in [-0.2, 0) is 0 Å². The van der Waals surface area contributed by atoms with Crippen molar-refractivity contribution in [1.82, 2.24) is 29.5 Å². The molecule has 25 heavy (non-hydrogen) atoms. The molecule has 2 N–H and O–H groups in total. The summed E-state index contributed by atoms with van der Waals surface area (Å²) in [7, 11) is 0. The van der Waals surface area contributed by atoms with Gasteiger partial charge in [0, 0.05) is 18.3 Å². The summed E-state index contributed by atoms with van der Waals surface area (Å²) < 4.78 is 3.63. The first-order valence-corrected chi connectivity index (χ1v) is 8.56. The molecular weight excluding hydrogens is 316 g/mol. The first-order valence-electron chi connectivity index (χ1n) is 8.56. The normalized spacial score (nSPS) is 18.2. The average molecular weight is 334 g/mol. The first-order chi connectivity index (χ1) is 12.3. The second kappa shape index (κ2) is 5.56. The lowest BCUT2D eigenvalue weighted by Gasteiger charge is -2.23. The second-order valence-corrected chi connectivity index (χ2v) is 6.46. The molecule has 0 saturated carbocycles. The summed E-state index contributed by atoms with van der Waals surface area (Å²) in [5.41, 5.74) is 4.18. The van der Waals surface area contributed by atoms with Crippen LogP contribution in [0.15, 0.2) is 47.5 Å². The summed E-state index contributed by atoms with van der Waals surface area (Å²) in [6.45, 7) is 1.81. The summed E-state index contributed by atoms with van der Waals surface area (Å²) in [5, 5.41) is 7.75. The number of nitrogens with zero attached hydrogens (tertiary/aromatic N) is 4. The van der Waals surface area contributed by atoms with Crippen LogP contribution in [0.5, 0.6) is 0 Å². The molecule has 0 aromatic carbocycles.